The first-order valence-corrected chi connectivity index (χ1v) is 7.89. The number of aliphatic imine (C=N–C) groups is 1. The van der Waals surface area contributed by atoms with E-state index in [1.165, 1.54) is 10.4 Å². The molecule has 1 aromatic carbocycles. The number of halogens is 1. The van der Waals surface area contributed by atoms with Crippen molar-refractivity contribution in [3.63, 3.8) is 0 Å². The van der Waals surface area contributed by atoms with Gasteiger partial charge in [0.2, 0.25) is 0 Å². The normalized spacial score (nSPS) is 13.7. The predicted octanol–water partition coefficient (Wildman–Crippen LogP) is 3.92. The Morgan fingerprint density at radius 3 is 2.55 bits per heavy atom. The molecule has 0 saturated heterocycles. The Morgan fingerprint density at radius 2 is 1.90 bits per heavy atom. The van der Waals surface area contributed by atoms with Crippen LogP contribution in [0.3, 0.4) is 0 Å². The monoisotopic (exact) mass is 351 g/mol. The van der Waals surface area contributed by atoms with Gasteiger partial charge in [0, 0.05) is 12.1 Å². The lowest BCUT2D eigenvalue weighted by atomic mass is 9.96. The van der Waals surface area contributed by atoms with E-state index in [0.717, 1.165) is 39.5 Å². The smallest absolute Gasteiger partial charge is 0.161 e. The number of methoxy groups -OCH3 is 2. The van der Waals surface area contributed by atoms with Crippen molar-refractivity contribution < 1.29 is 9.47 Å². The fourth-order valence-electron chi connectivity index (χ4n) is 2.37. The molecule has 3 rings (SSSR count). The summed E-state index contributed by atoms with van der Waals surface area (Å²) in [4.78, 5) is 5.87. The van der Waals surface area contributed by atoms with Crippen LogP contribution in [-0.2, 0) is 6.42 Å². The molecule has 0 N–H and O–H groups in total. The first-order chi connectivity index (χ1) is 9.72. The van der Waals surface area contributed by atoms with Gasteiger partial charge in [-0.05, 0) is 52.2 Å². The highest BCUT2D eigenvalue weighted by Crippen LogP contribution is 2.35. The summed E-state index contributed by atoms with van der Waals surface area (Å²) in [6, 6.07) is 8.24. The summed E-state index contributed by atoms with van der Waals surface area (Å²) in [6.45, 7) is 0.813. The molecule has 5 heteroatoms. The molecule has 1 aliphatic heterocycles. The molecule has 104 valence electrons. The quantitative estimate of drug-likeness (QED) is 0.838. The van der Waals surface area contributed by atoms with Crippen molar-refractivity contribution >= 4 is 33.0 Å². The Balaban J connectivity index is 2.12. The molecule has 0 bridgehead atoms. The number of rotatable bonds is 3. The summed E-state index contributed by atoms with van der Waals surface area (Å²) in [5.41, 5.74) is 3.45. The van der Waals surface area contributed by atoms with Gasteiger partial charge in [-0.2, -0.15) is 0 Å². The highest BCUT2D eigenvalue weighted by atomic mass is 79.9. The minimum atomic E-state index is 0.747. The van der Waals surface area contributed by atoms with Crippen LogP contribution in [0.2, 0.25) is 0 Å². The molecule has 3 nitrogen and oxygen atoms in total. The average molecular weight is 352 g/mol. The third-order valence-electron chi connectivity index (χ3n) is 3.32. The maximum absolute atomic E-state index is 5.41. The van der Waals surface area contributed by atoms with Crippen LogP contribution in [0.4, 0.5) is 0 Å². The van der Waals surface area contributed by atoms with E-state index in [2.05, 4.69) is 34.1 Å². The molecule has 1 aromatic heterocycles. The number of fused-ring (bicyclic) bond motifs is 1. The van der Waals surface area contributed by atoms with E-state index >= 15 is 0 Å². The van der Waals surface area contributed by atoms with Crippen molar-refractivity contribution in [3.05, 3.63) is 44.1 Å². The highest BCUT2D eigenvalue weighted by molar-refractivity contribution is 9.11. The topological polar surface area (TPSA) is 30.8 Å². The van der Waals surface area contributed by atoms with Crippen LogP contribution < -0.4 is 9.47 Å². The van der Waals surface area contributed by atoms with Crippen LogP contribution in [0.1, 0.15) is 16.0 Å². The van der Waals surface area contributed by atoms with E-state index < -0.39 is 0 Å². The maximum atomic E-state index is 5.41. The van der Waals surface area contributed by atoms with E-state index in [0.29, 0.717) is 0 Å². The molecular weight excluding hydrogens is 338 g/mol. The maximum Gasteiger partial charge on any atom is 0.161 e. The summed E-state index contributed by atoms with van der Waals surface area (Å²) in [5.74, 6) is 1.52. The Labute approximate surface area is 130 Å². The van der Waals surface area contributed by atoms with E-state index in [1.807, 2.05) is 6.07 Å². The van der Waals surface area contributed by atoms with Gasteiger partial charge in [-0.1, -0.05) is 0 Å². The molecule has 20 heavy (non-hydrogen) atoms. The Hall–Kier alpha value is -1.33. The highest BCUT2D eigenvalue weighted by Gasteiger charge is 2.20. The van der Waals surface area contributed by atoms with Crippen LogP contribution in [0.15, 0.2) is 33.0 Å². The first kappa shape index (κ1) is 13.6. The molecule has 0 saturated carbocycles. The Morgan fingerprint density at radius 1 is 1.15 bits per heavy atom. The minimum absolute atomic E-state index is 0.747. The van der Waals surface area contributed by atoms with E-state index in [4.69, 9.17) is 14.5 Å². The second-order valence-corrected chi connectivity index (χ2v) is 6.91. The second kappa shape index (κ2) is 5.58. The minimum Gasteiger partial charge on any atom is -0.493 e. The molecule has 0 atom stereocenters. The summed E-state index contributed by atoms with van der Waals surface area (Å²) in [7, 11) is 3.32. The van der Waals surface area contributed by atoms with Gasteiger partial charge in [-0.3, -0.25) is 4.99 Å². The molecule has 2 heterocycles. The van der Waals surface area contributed by atoms with Gasteiger partial charge in [0.1, 0.15) is 0 Å². The largest absolute Gasteiger partial charge is 0.493 e. The van der Waals surface area contributed by atoms with Gasteiger partial charge in [-0.25, -0.2) is 0 Å². The molecule has 0 amide bonds. The summed E-state index contributed by atoms with van der Waals surface area (Å²) in [6.07, 6.45) is 0.936. The van der Waals surface area contributed by atoms with Gasteiger partial charge in [0.15, 0.2) is 11.5 Å². The average Bonchev–Trinajstić information content (AvgIpc) is 2.91. The molecule has 2 aromatic rings. The number of ether oxygens (including phenoxy) is 2. The number of thiophene rings is 1. The predicted molar refractivity (Wildman–Crippen MR) is 85.8 cm³/mol. The molecule has 0 spiro atoms. The second-order valence-electron chi connectivity index (χ2n) is 4.45. The lowest BCUT2D eigenvalue weighted by Gasteiger charge is -2.19. The van der Waals surface area contributed by atoms with E-state index in [9.17, 15) is 0 Å². The third kappa shape index (κ3) is 2.36. The molecule has 0 fully saturated rings. The number of hydrogen-bond acceptors (Lipinski definition) is 4. The number of benzene rings is 1. The van der Waals surface area contributed by atoms with Gasteiger partial charge in [0.25, 0.3) is 0 Å². The Bertz CT molecular complexity index is 679. The van der Waals surface area contributed by atoms with Crippen molar-refractivity contribution in [1.29, 1.82) is 0 Å². The van der Waals surface area contributed by atoms with Crippen molar-refractivity contribution in [2.24, 2.45) is 4.99 Å². The zero-order chi connectivity index (χ0) is 14.1. The van der Waals surface area contributed by atoms with Crippen molar-refractivity contribution in [3.8, 4) is 11.5 Å². The van der Waals surface area contributed by atoms with Crippen molar-refractivity contribution in [2.75, 3.05) is 20.8 Å². The fraction of sp³-hybridized carbons (Fsp3) is 0.267. The van der Waals surface area contributed by atoms with Crippen molar-refractivity contribution in [1.82, 2.24) is 0 Å². The van der Waals surface area contributed by atoms with Crippen LogP contribution in [0.5, 0.6) is 11.5 Å². The van der Waals surface area contributed by atoms with Gasteiger partial charge >= 0.3 is 0 Å². The van der Waals surface area contributed by atoms with E-state index in [-0.39, 0.29) is 0 Å². The molecule has 0 unspecified atom stereocenters. The molecule has 1 aliphatic rings. The third-order valence-corrected chi connectivity index (χ3v) is 4.95. The summed E-state index contributed by atoms with van der Waals surface area (Å²) >= 11 is 5.20. The standard InChI is InChI=1S/C15H14BrNO2S/c1-18-11-7-9-5-6-17-15(10(9)8-12(11)19-2)13-3-4-14(16)20-13/h3-4,7-8H,5-6H2,1-2H3. The molecule has 0 aliphatic carbocycles. The van der Waals surface area contributed by atoms with Crippen LogP contribution in [0, 0.1) is 0 Å². The van der Waals surface area contributed by atoms with Gasteiger partial charge in [0.05, 0.1) is 28.6 Å². The fourth-order valence-corrected chi connectivity index (χ4v) is 3.78. The van der Waals surface area contributed by atoms with Crippen molar-refractivity contribution in [2.45, 2.75) is 6.42 Å². The lowest BCUT2D eigenvalue weighted by molar-refractivity contribution is 0.354. The molecular formula is C15H14BrNO2S. The van der Waals surface area contributed by atoms with Gasteiger partial charge in [-0.15, -0.1) is 11.3 Å². The number of nitrogens with zero attached hydrogens (tertiary/aromatic N) is 1. The summed E-state index contributed by atoms with van der Waals surface area (Å²) in [5, 5.41) is 0. The first-order valence-electron chi connectivity index (χ1n) is 6.28. The molecule has 0 radical (unpaired) electrons. The van der Waals surface area contributed by atoms with Crippen LogP contribution >= 0.6 is 27.3 Å². The zero-order valence-corrected chi connectivity index (χ0v) is 13.7. The van der Waals surface area contributed by atoms with Gasteiger partial charge < -0.3 is 9.47 Å². The zero-order valence-electron chi connectivity index (χ0n) is 11.3. The number of hydrogen-bond donors (Lipinski definition) is 0. The Kier molecular flexibility index (Phi) is 3.81. The lowest BCUT2D eigenvalue weighted by Crippen LogP contribution is -2.13. The van der Waals surface area contributed by atoms with Crippen LogP contribution in [-0.4, -0.2) is 26.5 Å². The SMILES string of the molecule is COc1cc2c(cc1OC)C(c1ccc(Br)s1)=NCC2. The summed E-state index contributed by atoms with van der Waals surface area (Å²) < 4.78 is 11.9. The van der Waals surface area contributed by atoms with E-state index in [1.54, 1.807) is 25.6 Å². The van der Waals surface area contributed by atoms with Crippen LogP contribution in [0.25, 0.3) is 0 Å².